The van der Waals surface area contributed by atoms with Crippen LogP contribution in [0.25, 0.3) is 0 Å². The third-order valence-electron chi connectivity index (χ3n) is 3.32. The molecule has 2 N–H and O–H groups in total. The van der Waals surface area contributed by atoms with Crippen molar-refractivity contribution in [2.24, 2.45) is 11.8 Å². The number of nitrogens with one attached hydrogen (secondary N) is 2. The Kier molecular flexibility index (Phi) is 3.07. The molecule has 1 aromatic rings. The smallest absolute Gasteiger partial charge is 0.200 e. The van der Waals surface area contributed by atoms with E-state index in [1.165, 1.54) is 25.7 Å². The Hall–Kier alpha value is -0.990. The van der Waals surface area contributed by atoms with Crippen LogP contribution in [0.3, 0.4) is 0 Å². The maximum Gasteiger partial charge on any atom is 0.200 e. The van der Waals surface area contributed by atoms with Crippen molar-refractivity contribution in [2.45, 2.75) is 32.6 Å². The maximum atomic E-state index is 4.16. The van der Waals surface area contributed by atoms with Crippen molar-refractivity contribution >= 4 is 5.95 Å². The van der Waals surface area contributed by atoms with E-state index >= 15 is 0 Å². The normalized spacial score (nSPS) is 27.5. The SMILES string of the molecule is CC1CCCCC1CNc1ncc[nH]1. The van der Waals surface area contributed by atoms with Gasteiger partial charge < -0.3 is 10.3 Å². The molecule has 0 amide bonds. The molecule has 0 radical (unpaired) electrons. The van der Waals surface area contributed by atoms with Crippen LogP contribution >= 0.6 is 0 Å². The zero-order valence-corrected chi connectivity index (χ0v) is 8.79. The molecule has 0 saturated heterocycles. The predicted octanol–water partition coefficient (Wildman–Crippen LogP) is 2.65. The molecule has 2 unspecified atom stereocenters. The molecule has 1 heterocycles. The molecule has 78 valence electrons. The van der Waals surface area contributed by atoms with Crippen LogP contribution < -0.4 is 5.32 Å². The fraction of sp³-hybridized carbons (Fsp3) is 0.727. The first kappa shape index (κ1) is 9.56. The van der Waals surface area contributed by atoms with Crippen molar-refractivity contribution in [3.63, 3.8) is 0 Å². The highest BCUT2D eigenvalue weighted by atomic mass is 15.1. The largest absolute Gasteiger partial charge is 0.356 e. The first-order valence-electron chi connectivity index (χ1n) is 5.59. The summed E-state index contributed by atoms with van der Waals surface area (Å²) in [6, 6.07) is 0. The lowest BCUT2D eigenvalue weighted by Gasteiger charge is -2.28. The van der Waals surface area contributed by atoms with Gasteiger partial charge in [-0.25, -0.2) is 4.98 Å². The summed E-state index contributed by atoms with van der Waals surface area (Å²) in [6.45, 7) is 3.43. The molecule has 0 bridgehead atoms. The highest BCUT2D eigenvalue weighted by Crippen LogP contribution is 2.29. The second-order valence-electron chi connectivity index (χ2n) is 4.34. The van der Waals surface area contributed by atoms with Gasteiger partial charge in [-0.2, -0.15) is 0 Å². The molecule has 0 aliphatic heterocycles. The first-order valence-corrected chi connectivity index (χ1v) is 5.59. The van der Waals surface area contributed by atoms with E-state index in [-0.39, 0.29) is 0 Å². The highest BCUT2D eigenvalue weighted by molar-refractivity contribution is 5.22. The molecule has 14 heavy (non-hydrogen) atoms. The van der Waals surface area contributed by atoms with E-state index in [4.69, 9.17) is 0 Å². The van der Waals surface area contributed by atoms with Gasteiger partial charge in [-0.1, -0.05) is 26.2 Å². The van der Waals surface area contributed by atoms with E-state index in [1.54, 1.807) is 6.20 Å². The van der Waals surface area contributed by atoms with Gasteiger partial charge in [0.25, 0.3) is 0 Å². The van der Waals surface area contributed by atoms with E-state index in [9.17, 15) is 0 Å². The lowest BCUT2D eigenvalue weighted by molar-refractivity contribution is 0.268. The summed E-state index contributed by atoms with van der Waals surface area (Å²) in [5, 5.41) is 3.36. The molecule has 1 aromatic heterocycles. The summed E-state index contributed by atoms with van der Waals surface area (Å²) >= 11 is 0. The molecule has 1 aliphatic rings. The predicted molar refractivity (Wildman–Crippen MR) is 58.2 cm³/mol. The third-order valence-corrected chi connectivity index (χ3v) is 3.32. The van der Waals surface area contributed by atoms with Crippen LogP contribution in [0.2, 0.25) is 0 Å². The van der Waals surface area contributed by atoms with Crippen LogP contribution in [-0.2, 0) is 0 Å². The van der Waals surface area contributed by atoms with Crippen molar-refractivity contribution < 1.29 is 0 Å². The molecule has 2 atom stereocenters. The number of imidazole rings is 1. The van der Waals surface area contributed by atoms with Crippen LogP contribution in [0, 0.1) is 11.8 Å². The van der Waals surface area contributed by atoms with Gasteiger partial charge in [0.1, 0.15) is 0 Å². The first-order chi connectivity index (χ1) is 6.86. The average Bonchev–Trinajstić information content (AvgIpc) is 2.69. The number of anilines is 1. The number of hydrogen-bond acceptors (Lipinski definition) is 2. The molecule has 0 spiro atoms. The molecule has 3 nitrogen and oxygen atoms in total. The Morgan fingerprint density at radius 3 is 3.07 bits per heavy atom. The van der Waals surface area contributed by atoms with Gasteiger partial charge in [-0.15, -0.1) is 0 Å². The summed E-state index contributed by atoms with van der Waals surface area (Å²) < 4.78 is 0. The van der Waals surface area contributed by atoms with Crippen LogP contribution in [0.15, 0.2) is 12.4 Å². The molecule has 1 saturated carbocycles. The standard InChI is InChI=1S/C11H19N3/c1-9-4-2-3-5-10(9)8-14-11-12-6-7-13-11/h6-7,9-10H,2-5,8H2,1H3,(H2,12,13,14). The number of rotatable bonds is 3. The van der Waals surface area contributed by atoms with E-state index < -0.39 is 0 Å². The number of nitrogens with zero attached hydrogens (tertiary/aromatic N) is 1. The van der Waals surface area contributed by atoms with Crippen LogP contribution in [0.1, 0.15) is 32.6 Å². The second kappa shape index (κ2) is 4.49. The van der Waals surface area contributed by atoms with Crippen molar-refractivity contribution in [3.8, 4) is 0 Å². The monoisotopic (exact) mass is 193 g/mol. The van der Waals surface area contributed by atoms with Gasteiger partial charge in [0, 0.05) is 18.9 Å². The van der Waals surface area contributed by atoms with E-state index in [0.717, 1.165) is 24.3 Å². The van der Waals surface area contributed by atoms with Crippen molar-refractivity contribution in [2.75, 3.05) is 11.9 Å². The summed E-state index contributed by atoms with van der Waals surface area (Å²) in [6.07, 6.45) is 9.21. The van der Waals surface area contributed by atoms with Crippen LogP contribution in [0.5, 0.6) is 0 Å². The van der Waals surface area contributed by atoms with Gasteiger partial charge in [-0.3, -0.25) is 0 Å². The molecule has 2 rings (SSSR count). The summed E-state index contributed by atoms with van der Waals surface area (Å²) in [5.41, 5.74) is 0. The summed E-state index contributed by atoms with van der Waals surface area (Å²) in [4.78, 5) is 7.23. The van der Waals surface area contributed by atoms with Crippen molar-refractivity contribution in [1.82, 2.24) is 9.97 Å². The molecule has 3 heteroatoms. The topological polar surface area (TPSA) is 40.7 Å². The fourth-order valence-corrected chi connectivity index (χ4v) is 2.29. The van der Waals surface area contributed by atoms with Crippen molar-refractivity contribution in [1.29, 1.82) is 0 Å². The van der Waals surface area contributed by atoms with E-state index in [1.807, 2.05) is 6.20 Å². The molecule has 1 fully saturated rings. The number of aromatic amines is 1. The fourth-order valence-electron chi connectivity index (χ4n) is 2.29. The van der Waals surface area contributed by atoms with Gasteiger partial charge in [-0.05, 0) is 18.3 Å². The molecular weight excluding hydrogens is 174 g/mol. The zero-order valence-electron chi connectivity index (χ0n) is 8.79. The Bertz CT molecular complexity index is 256. The Balaban J connectivity index is 1.79. The summed E-state index contributed by atoms with van der Waals surface area (Å²) in [5.74, 6) is 2.60. The van der Waals surface area contributed by atoms with Crippen LogP contribution in [-0.4, -0.2) is 16.5 Å². The zero-order chi connectivity index (χ0) is 9.80. The minimum Gasteiger partial charge on any atom is -0.356 e. The Morgan fingerprint density at radius 1 is 1.50 bits per heavy atom. The maximum absolute atomic E-state index is 4.16. The van der Waals surface area contributed by atoms with E-state index in [2.05, 4.69) is 22.2 Å². The minimum atomic E-state index is 0.828. The number of hydrogen-bond donors (Lipinski definition) is 2. The lowest BCUT2D eigenvalue weighted by Crippen LogP contribution is -2.24. The third kappa shape index (κ3) is 2.28. The Labute approximate surface area is 85.3 Å². The molecular formula is C11H19N3. The highest BCUT2D eigenvalue weighted by Gasteiger charge is 2.20. The van der Waals surface area contributed by atoms with Gasteiger partial charge in [0.15, 0.2) is 5.95 Å². The second-order valence-corrected chi connectivity index (χ2v) is 4.34. The van der Waals surface area contributed by atoms with E-state index in [0.29, 0.717) is 0 Å². The van der Waals surface area contributed by atoms with Crippen molar-refractivity contribution in [3.05, 3.63) is 12.4 Å². The van der Waals surface area contributed by atoms with Gasteiger partial charge >= 0.3 is 0 Å². The lowest BCUT2D eigenvalue weighted by atomic mass is 9.80. The Morgan fingerprint density at radius 2 is 2.36 bits per heavy atom. The minimum absolute atomic E-state index is 0.828. The van der Waals surface area contributed by atoms with Gasteiger partial charge in [0.05, 0.1) is 0 Å². The number of H-pyrrole nitrogens is 1. The average molecular weight is 193 g/mol. The quantitative estimate of drug-likeness (QED) is 0.774. The number of aromatic nitrogens is 2. The van der Waals surface area contributed by atoms with Crippen LogP contribution in [0.4, 0.5) is 5.95 Å². The summed E-state index contributed by atoms with van der Waals surface area (Å²) in [7, 11) is 0. The molecule has 0 aromatic carbocycles. The van der Waals surface area contributed by atoms with Gasteiger partial charge in [0.2, 0.25) is 0 Å². The molecule has 1 aliphatic carbocycles.